The van der Waals surface area contributed by atoms with Crippen molar-refractivity contribution in [3.05, 3.63) is 69.5 Å². The quantitative estimate of drug-likeness (QED) is 0.587. The van der Waals surface area contributed by atoms with Gasteiger partial charge in [-0.05, 0) is 35.4 Å². The summed E-state index contributed by atoms with van der Waals surface area (Å²) in [5.74, 6) is -2.82. The van der Waals surface area contributed by atoms with Crippen molar-refractivity contribution >= 4 is 41.0 Å². The van der Waals surface area contributed by atoms with Gasteiger partial charge in [0.1, 0.15) is 17.9 Å². The molecule has 2 amide bonds. The van der Waals surface area contributed by atoms with Crippen LogP contribution in [0.1, 0.15) is 18.1 Å². The van der Waals surface area contributed by atoms with E-state index in [4.69, 9.17) is 23.2 Å². The zero-order chi connectivity index (χ0) is 21.6. The lowest BCUT2D eigenvalue weighted by atomic mass is 10.0. The van der Waals surface area contributed by atoms with Crippen LogP contribution in [0, 0.1) is 5.82 Å². The van der Waals surface area contributed by atoms with Crippen LogP contribution in [0.15, 0.2) is 42.5 Å². The molecule has 0 aromatic heterocycles. The zero-order valence-corrected chi connectivity index (χ0v) is 16.9. The molecule has 0 heterocycles. The highest BCUT2D eigenvalue weighted by Gasteiger charge is 2.27. The van der Waals surface area contributed by atoms with Crippen molar-refractivity contribution in [3.63, 3.8) is 0 Å². The highest BCUT2D eigenvalue weighted by Crippen LogP contribution is 2.22. The van der Waals surface area contributed by atoms with Gasteiger partial charge < -0.3 is 15.7 Å². The highest BCUT2D eigenvalue weighted by molar-refractivity contribution is 6.35. The SMILES string of the molecule is CC(=O)N[C@@H](Cc1ccc(F)cc1)C(=O)N[C@H](Cc1ccc(Cl)cc1Cl)C(=O)O. The molecule has 0 fully saturated rings. The van der Waals surface area contributed by atoms with Crippen molar-refractivity contribution in [1.29, 1.82) is 0 Å². The predicted octanol–water partition coefficient (Wildman–Crippen LogP) is 2.99. The van der Waals surface area contributed by atoms with Crippen LogP contribution in [0.25, 0.3) is 0 Å². The summed E-state index contributed by atoms with van der Waals surface area (Å²) in [6.45, 7) is 1.24. The van der Waals surface area contributed by atoms with E-state index in [0.717, 1.165) is 0 Å². The molecule has 6 nitrogen and oxygen atoms in total. The molecule has 3 N–H and O–H groups in total. The molecule has 2 rings (SSSR count). The number of carbonyl (C=O) groups is 3. The Labute approximate surface area is 177 Å². The third kappa shape index (κ3) is 7.03. The average molecular weight is 441 g/mol. The van der Waals surface area contributed by atoms with Gasteiger partial charge in [-0.25, -0.2) is 9.18 Å². The molecule has 2 aromatic rings. The standard InChI is InChI=1S/C20H19Cl2FN2O4/c1-11(26)24-17(8-12-2-6-15(23)7-3-12)19(27)25-18(20(28)29)9-13-4-5-14(21)10-16(13)22/h2-7,10,17-18H,8-9H2,1H3,(H,24,26)(H,25,27)(H,28,29)/t17-,18+/m0/s1. The van der Waals surface area contributed by atoms with Crippen LogP contribution in [0.2, 0.25) is 10.0 Å². The predicted molar refractivity (Wildman–Crippen MR) is 107 cm³/mol. The van der Waals surface area contributed by atoms with E-state index in [0.29, 0.717) is 16.1 Å². The van der Waals surface area contributed by atoms with Crippen LogP contribution >= 0.6 is 23.2 Å². The van der Waals surface area contributed by atoms with Gasteiger partial charge in [-0.1, -0.05) is 41.4 Å². The lowest BCUT2D eigenvalue weighted by Crippen LogP contribution is -2.52. The molecule has 0 saturated heterocycles. The second-order valence-electron chi connectivity index (χ2n) is 6.42. The molecule has 0 radical (unpaired) electrons. The minimum Gasteiger partial charge on any atom is -0.480 e. The van der Waals surface area contributed by atoms with Gasteiger partial charge in [0.15, 0.2) is 0 Å². The Balaban J connectivity index is 2.15. The molecule has 2 aromatic carbocycles. The normalized spacial score (nSPS) is 12.7. The van der Waals surface area contributed by atoms with E-state index in [1.807, 2.05) is 0 Å². The monoisotopic (exact) mass is 440 g/mol. The number of carbonyl (C=O) groups excluding carboxylic acids is 2. The molecule has 0 aliphatic rings. The van der Waals surface area contributed by atoms with E-state index < -0.39 is 35.7 Å². The van der Waals surface area contributed by atoms with Gasteiger partial charge >= 0.3 is 5.97 Å². The fourth-order valence-electron chi connectivity index (χ4n) is 2.69. The second-order valence-corrected chi connectivity index (χ2v) is 7.27. The maximum absolute atomic E-state index is 13.1. The van der Waals surface area contributed by atoms with Gasteiger partial charge in [0, 0.05) is 29.8 Å². The largest absolute Gasteiger partial charge is 0.480 e. The third-order valence-corrected chi connectivity index (χ3v) is 4.69. The summed E-state index contributed by atoms with van der Waals surface area (Å²) < 4.78 is 13.1. The number of amides is 2. The van der Waals surface area contributed by atoms with Crippen LogP contribution in [-0.4, -0.2) is 35.0 Å². The number of hydrogen-bond acceptors (Lipinski definition) is 3. The Hall–Kier alpha value is -2.64. The van der Waals surface area contributed by atoms with Gasteiger partial charge in [-0.2, -0.15) is 0 Å². The molecule has 0 bridgehead atoms. The van der Waals surface area contributed by atoms with E-state index in [-0.39, 0.29) is 17.9 Å². The Morgan fingerprint density at radius 2 is 1.66 bits per heavy atom. The summed E-state index contributed by atoms with van der Waals surface area (Å²) in [7, 11) is 0. The first-order valence-corrected chi connectivity index (χ1v) is 9.40. The van der Waals surface area contributed by atoms with E-state index in [1.165, 1.54) is 37.3 Å². The third-order valence-electron chi connectivity index (χ3n) is 4.10. The van der Waals surface area contributed by atoms with Crippen LogP contribution in [0.3, 0.4) is 0 Å². The Morgan fingerprint density at radius 3 is 2.21 bits per heavy atom. The summed E-state index contributed by atoms with van der Waals surface area (Å²) in [6.07, 6.45) is 0.000147. The number of nitrogens with one attached hydrogen (secondary N) is 2. The van der Waals surface area contributed by atoms with Crippen molar-refractivity contribution < 1.29 is 23.9 Å². The minimum absolute atomic E-state index is 0.0690. The first-order valence-electron chi connectivity index (χ1n) is 8.64. The summed E-state index contributed by atoms with van der Waals surface area (Å²) in [5, 5.41) is 15.1. The molecule has 2 atom stereocenters. The Bertz CT molecular complexity index is 906. The molecule has 9 heteroatoms. The van der Waals surface area contributed by atoms with Crippen molar-refractivity contribution in [2.75, 3.05) is 0 Å². The lowest BCUT2D eigenvalue weighted by Gasteiger charge is -2.21. The van der Waals surface area contributed by atoms with E-state index >= 15 is 0 Å². The summed E-state index contributed by atoms with van der Waals surface area (Å²) in [6, 6.07) is 7.77. The maximum atomic E-state index is 13.1. The minimum atomic E-state index is -1.27. The maximum Gasteiger partial charge on any atom is 0.326 e. The first-order chi connectivity index (χ1) is 13.7. The van der Waals surface area contributed by atoms with Crippen LogP contribution in [0.5, 0.6) is 0 Å². The molecule has 0 spiro atoms. The van der Waals surface area contributed by atoms with Crippen molar-refractivity contribution in [2.45, 2.75) is 31.8 Å². The van der Waals surface area contributed by atoms with Gasteiger partial charge in [0.2, 0.25) is 11.8 Å². The molecule has 0 saturated carbocycles. The molecular weight excluding hydrogens is 422 g/mol. The highest BCUT2D eigenvalue weighted by atomic mass is 35.5. The molecule has 0 unspecified atom stereocenters. The molecular formula is C20H19Cl2FN2O4. The summed E-state index contributed by atoms with van der Waals surface area (Å²) in [5.41, 5.74) is 1.10. The topological polar surface area (TPSA) is 95.5 Å². The second kappa shape index (κ2) is 10.2. The smallest absolute Gasteiger partial charge is 0.326 e. The van der Waals surface area contributed by atoms with Crippen LogP contribution < -0.4 is 10.6 Å². The molecule has 0 aliphatic heterocycles. The lowest BCUT2D eigenvalue weighted by molar-refractivity contribution is -0.142. The number of carboxylic acid groups (broad SMARTS) is 1. The number of aliphatic carboxylic acids is 1. The van der Waals surface area contributed by atoms with Gasteiger partial charge in [-0.3, -0.25) is 9.59 Å². The Kier molecular flexibility index (Phi) is 7.99. The number of benzene rings is 2. The van der Waals surface area contributed by atoms with Crippen LogP contribution in [0.4, 0.5) is 4.39 Å². The number of halogens is 3. The van der Waals surface area contributed by atoms with Gasteiger partial charge in [0.25, 0.3) is 0 Å². The van der Waals surface area contributed by atoms with Crippen molar-refractivity contribution in [3.8, 4) is 0 Å². The van der Waals surface area contributed by atoms with Gasteiger partial charge in [-0.15, -0.1) is 0 Å². The molecule has 0 aliphatic carbocycles. The number of carboxylic acids is 1. The Morgan fingerprint density at radius 1 is 1.00 bits per heavy atom. The number of hydrogen-bond donors (Lipinski definition) is 3. The fourth-order valence-corrected chi connectivity index (χ4v) is 3.18. The summed E-state index contributed by atoms with van der Waals surface area (Å²) >= 11 is 11.9. The fraction of sp³-hybridized carbons (Fsp3) is 0.250. The number of rotatable bonds is 8. The zero-order valence-electron chi connectivity index (χ0n) is 15.4. The molecule has 154 valence electrons. The molecule has 29 heavy (non-hydrogen) atoms. The average Bonchev–Trinajstić information content (AvgIpc) is 2.63. The summed E-state index contributed by atoms with van der Waals surface area (Å²) in [4.78, 5) is 35.8. The van der Waals surface area contributed by atoms with E-state index in [9.17, 15) is 23.9 Å². The van der Waals surface area contributed by atoms with Gasteiger partial charge in [0.05, 0.1) is 0 Å². The van der Waals surface area contributed by atoms with Crippen LogP contribution in [-0.2, 0) is 27.2 Å². The van der Waals surface area contributed by atoms with Crippen molar-refractivity contribution in [1.82, 2.24) is 10.6 Å². The van der Waals surface area contributed by atoms with Crippen molar-refractivity contribution in [2.24, 2.45) is 0 Å². The first kappa shape index (κ1) is 22.6. The van der Waals surface area contributed by atoms with E-state index in [1.54, 1.807) is 12.1 Å². The van der Waals surface area contributed by atoms with E-state index in [2.05, 4.69) is 10.6 Å².